The van der Waals surface area contributed by atoms with Crippen LogP contribution in [-0.2, 0) is 18.3 Å². The Morgan fingerprint density at radius 3 is 2.65 bits per heavy atom. The SMILES string of the molecule is CCCC(CCO)CNC(=NCc1nnc(C)n1C)NCCCOC.I. The number of methoxy groups -OCH3 is 1. The van der Waals surface area contributed by atoms with Crippen molar-refractivity contribution in [1.29, 1.82) is 0 Å². The number of hydrogen-bond acceptors (Lipinski definition) is 5. The Kier molecular flexibility index (Phi) is 14.6. The largest absolute Gasteiger partial charge is 0.396 e. The van der Waals surface area contributed by atoms with Crippen LogP contribution in [0.3, 0.4) is 0 Å². The predicted molar refractivity (Wildman–Crippen MR) is 115 cm³/mol. The van der Waals surface area contributed by atoms with E-state index in [0.717, 1.165) is 56.4 Å². The molecule has 0 aliphatic heterocycles. The molecule has 0 spiro atoms. The van der Waals surface area contributed by atoms with Gasteiger partial charge in [-0.2, -0.15) is 0 Å². The zero-order chi connectivity index (χ0) is 18.5. The summed E-state index contributed by atoms with van der Waals surface area (Å²) in [4.78, 5) is 4.63. The van der Waals surface area contributed by atoms with E-state index in [1.807, 2.05) is 18.5 Å². The second-order valence-electron chi connectivity index (χ2n) is 6.21. The maximum atomic E-state index is 9.21. The van der Waals surface area contributed by atoms with Crippen LogP contribution in [0.1, 0.15) is 44.3 Å². The highest BCUT2D eigenvalue weighted by molar-refractivity contribution is 14.0. The molecule has 1 aromatic heterocycles. The average Bonchev–Trinajstić information content (AvgIpc) is 2.92. The van der Waals surface area contributed by atoms with Crippen LogP contribution in [0.25, 0.3) is 0 Å². The van der Waals surface area contributed by atoms with Crippen LogP contribution in [0.15, 0.2) is 4.99 Å². The summed E-state index contributed by atoms with van der Waals surface area (Å²) in [6, 6.07) is 0. The lowest BCUT2D eigenvalue weighted by Crippen LogP contribution is -2.40. The summed E-state index contributed by atoms with van der Waals surface area (Å²) in [5.41, 5.74) is 0. The second-order valence-corrected chi connectivity index (χ2v) is 6.21. The van der Waals surface area contributed by atoms with Gasteiger partial charge in [-0.3, -0.25) is 0 Å². The molecule has 8 nitrogen and oxygen atoms in total. The van der Waals surface area contributed by atoms with Gasteiger partial charge in [0, 0.05) is 40.5 Å². The normalized spacial score (nSPS) is 12.6. The van der Waals surface area contributed by atoms with Crippen LogP contribution in [0.4, 0.5) is 0 Å². The number of nitrogens with zero attached hydrogens (tertiary/aromatic N) is 4. The molecule has 0 aromatic carbocycles. The van der Waals surface area contributed by atoms with Gasteiger partial charge < -0.3 is 25.0 Å². The van der Waals surface area contributed by atoms with Gasteiger partial charge in [-0.05, 0) is 32.1 Å². The molecule has 0 saturated carbocycles. The molecule has 0 radical (unpaired) electrons. The number of hydrogen-bond donors (Lipinski definition) is 3. The van der Waals surface area contributed by atoms with E-state index >= 15 is 0 Å². The zero-order valence-corrected chi connectivity index (χ0v) is 18.8. The molecule has 1 rings (SSSR count). The number of rotatable bonds is 12. The fourth-order valence-corrected chi connectivity index (χ4v) is 2.52. The van der Waals surface area contributed by atoms with Gasteiger partial charge >= 0.3 is 0 Å². The van der Waals surface area contributed by atoms with Crippen molar-refractivity contribution in [2.24, 2.45) is 18.0 Å². The summed E-state index contributed by atoms with van der Waals surface area (Å²) in [5.74, 6) is 2.91. The number of aromatic nitrogens is 3. The topological polar surface area (TPSA) is 96.6 Å². The average molecular weight is 482 g/mol. The highest BCUT2D eigenvalue weighted by atomic mass is 127. The van der Waals surface area contributed by atoms with Gasteiger partial charge in [-0.15, -0.1) is 34.2 Å². The van der Waals surface area contributed by atoms with Crippen molar-refractivity contribution >= 4 is 29.9 Å². The van der Waals surface area contributed by atoms with Crippen LogP contribution in [0.2, 0.25) is 0 Å². The van der Waals surface area contributed by atoms with Crippen molar-refractivity contribution in [2.75, 3.05) is 33.4 Å². The standard InChI is InChI=1S/C17H34N6O2.HI/c1-5-7-15(8-10-24)12-19-17(18-9-6-11-25-4)20-13-16-22-21-14(2)23(16)3;/h15,24H,5-13H2,1-4H3,(H2,18,19,20);1H. The quantitative estimate of drug-likeness (QED) is 0.181. The zero-order valence-electron chi connectivity index (χ0n) is 16.5. The Labute approximate surface area is 174 Å². The van der Waals surface area contributed by atoms with Crippen molar-refractivity contribution < 1.29 is 9.84 Å². The van der Waals surface area contributed by atoms with Gasteiger partial charge in [0.1, 0.15) is 12.4 Å². The number of nitrogens with one attached hydrogen (secondary N) is 2. The molecule has 0 saturated heterocycles. The maximum Gasteiger partial charge on any atom is 0.191 e. The molecule has 1 unspecified atom stereocenters. The molecule has 0 amide bonds. The van der Waals surface area contributed by atoms with E-state index < -0.39 is 0 Å². The van der Waals surface area contributed by atoms with E-state index in [4.69, 9.17) is 4.74 Å². The predicted octanol–water partition coefficient (Wildman–Crippen LogP) is 1.61. The maximum absolute atomic E-state index is 9.21. The smallest absolute Gasteiger partial charge is 0.191 e. The number of aliphatic imine (C=N–C) groups is 1. The minimum atomic E-state index is 0. The third kappa shape index (κ3) is 9.67. The fraction of sp³-hybridized carbons (Fsp3) is 0.824. The van der Waals surface area contributed by atoms with Gasteiger partial charge in [-0.25, -0.2) is 4.99 Å². The van der Waals surface area contributed by atoms with E-state index in [2.05, 4.69) is 32.7 Å². The van der Waals surface area contributed by atoms with E-state index in [-0.39, 0.29) is 30.6 Å². The van der Waals surface area contributed by atoms with Crippen LogP contribution in [0.5, 0.6) is 0 Å². The summed E-state index contributed by atoms with van der Waals surface area (Å²) in [6.07, 6.45) is 3.92. The first-order valence-electron chi connectivity index (χ1n) is 9.09. The molecular weight excluding hydrogens is 447 g/mol. The molecular formula is C17H35IN6O2. The summed E-state index contributed by atoms with van der Waals surface area (Å²) < 4.78 is 7.03. The van der Waals surface area contributed by atoms with Crippen molar-refractivity contribution in [3.05, 3.63) is 11.6 Å². The molecule has 1 aromatic rings. The minimum Gasteiger partial charge on any atom is -0.396 e. The lowest BCUT2D eigenvalue weighted by Gasteiger charge is -2.18. The highest BCUT2D eigenvalue weighted by Gasteiger charge is 2.09. The molecule has 9 heteroatoms. The van der Waals surface area contributed by atoms with Gasteiger partial charge in [0.05, 0.1) is 0 Å². The Bertz CT molecular complexity index is 503. The molecule has 1 atom stereocenters. The van der Waals surface area contributed by atoms with Crippen LogP contribution >= 0.6 is 24.0 Å². The molecule has 26 heavy (non-hydrogen) atoms. The minimum absolute atomic E-state index is 0. The van der Waals surface area contributed by atoms with E-state index in [0.29, 0.717) is 19.1 Å². The number of halogens is 1. The van der Waals surface area contributed by atoms with Gasteiger partial charge in [0.15, 0.2) is 11.8 Å². The Morgan fingerprint density at radius 2 is 2.08 bits per heavy atom. The molecule has 0 aliphatic carbocycles. The Morgan fingerprint density at radius 1 is 1.31 bits per heavy atom. The van der Waals surface area contributed by atoms with E-state index in [1.54, 1.807) is 7.11 Å². The third-order valence-corrected chi connectivity index (χ3v) is 4.17. The monoisotopic (exact) mass is 482 g/mol. The molecule has 0 aliphatic rings. The Hall–Kier alpha value is -0.940. The van der Waals surface area contributed by atoms with Crippen molar-refractivity contribution in [3.63, 3.8) is 0 Å². The van der Waals surface area contributed by atoms with Crippen molar-refractivity contribution in [1.82, 2.24) is 25.4 Å². The van der Waals surface area contributed by atoms with E-state index in [1.165, 1.54) is 0 Å². The summed E-state index contributed by atoms with van der Waals surface area (Å²) in [5, 5.41) is 24.1. The first-order chi connectivity index (χ1) is 12.1. The van der Waals surface area contributed by atoms with Crippen LogP contribution < -0.4 is 10.6 Å². The van der Waals surface area contributed by atoms with E-state index in [9.17, 15) is 5.11 Å². The number of ether oxygens (including phenoxy) is 1. The first kappa shape index (κ1) is 25.1. The molecule has 0 fully saturated rings. The lowest BCUT2D eigenvalue weighted by atomic mass is 10.0. The first-order valence-corrected chi connectivity index (χ1v) is 9.09. The number of guanidine groups is 1. The fourth-order valence-electron chi connectivity index (χ4n) is 2.52. The molecule has 0 bridgehead atoms. The van der Waals surface area contributed by atoms with Gasteiger partial charge in [0.25, 0.3) is 0 Å². The highest BCUT2D eigenvalue weighted by Crippen LogP contribution is 2.09. The lowest BCUT2D eigenvalue weighted by molar-refractivity contribution is 0.195. The Balaban J connectivity index is 0.00000625. The van der Waals surface area contributed by atoms with Crippen molar-refractivity contribution in [3.8, 4) is 0 Å². The van der Waals surface area contributed by atoms with Crippen LogP contribution in [-0.4, -0.2) is 59.2 Å². The summed E-state index contributed by atoms with van der Waals surface area (Å²) >= 11 is 0. The number of aliphatic hydroxyl groups is 1. The van der Waals surface area contributed by atoms with Crippen molar-refractivity contribution in [2.45, 2.75) is 46.1 Å². The number of aryl methyl sites for hydroxylation is 1. The molecule has 1 heterocycles. The molecule has 3 N–H and O–H groups in total. The third-order valence-electron chi connectivity index (χ3n) is 4.17. The molecule has 152 valence electrons. The van der Waals surface area contributed by atoms with Gasteiger partial charge in [0.2, 0.25) is 0 Å². The second kappa shape index (κ2) is 15.2. The summed E-state index contributed by atoms with van der Waals surface area (Å²) in [7, 11) is 3.64. The summed E-state index contributed by atoms with van der Waals surface area (Å²) in [6.45, 7) is 7.07. The van der Waals surface area contributed by atoms with Crippen LogP contribution in [0, 0.1) is 12.8 Å². The number of aliphatic hydroxyl groups excluding tert-OH is 1. The van der Waals surface area contributed by atoms with Gasteiger partial charge in [-0.1, -0.05) is 13.3 Å².